The van der Waals surface area contributed by atoms with Gasteiger partial charge in [-0.15, -0.1) is 0 Å². The lowest BCUT2D eigenvalue weighted by atomic mass is 9.88. The first kappa shape index (κ1) is 14.0. The topological polar surface area (TPSA) is 50.4 Å². The summed E-state index contributed by atoms with van der Waals surface area (Å²) in [5.41, 5.74) is 1.83. The maximum Gasteiger partial charge on any atom is 0.229 e. The molecule has 0 aliphatic carbocycles. The number of hydrogen-bond donors (Lipinski definition) is 2. The largest absolute Gasteiger partial charge is 0.380 e. The number of amides is 1. The lowest BCUT2D eigenvalue weighted by molar-refractivity contribution is -0.120. The highest BCUT2D eigenvalue weighted by Crippen LogP contribution is 2.34. The third kappa shape index (κ3) is 2.62. The molecule has 2 aliphatic rings. The van der Waals surface area contributed by atoms with Crippen LogP contribution in [0, 0.1) is 5.92 Å². The monoisotopic (exact) mass is 338 g/mol. The molecule has 0 spiro atoms. The smallest absolute Gasteiger partial charge is 0.229 e. The molecule has 5 heteroatoms. The number of anilines is 1. The van der Waals surface area contributed by atoms with Crippen molar-refractivity contribution in [2.45, 2.75) is 38.0 Å². The van der Waals surface area contributed by atoms with Gasteiger partial charge in [0.05, 0.1) is 12.5 Å². The molecule has 2 aliphatic heterocycles. The van der Waals surface area contributed by atoms with E-state index in [4.69, 9.17) is 4.74 Å². The zero-order valence-electron chi connectivity index (χ0n) is 11.5. The van der Waals surface area contributed by atoms with Gasteiger partial charge >= 0.3 is 0 Å². The number of carbonyl (C=O) groups is 1. The van der Waals surface area contributed by atoms with Gasteiger partial charge in [0.25, 0.3) is 0 Å². The normalized spacial score (nSPS) is 27.8. The Hall–Kier alpha value is -0.910. The van der Waals surface area contributed by atoms with Crippen LogP contribution in [0.2, 0.25) is 0 Å². The van der Waals surface area contributed by atoms with E-state index in [9.17, 15) is 4.79 Å². The Morgan fingerprint density at radius 1 is 1.50 bits per heavy atom. The van der Waals surface area contributed by atoms with Crippen molar-refractivity contribution in [1.29, 1.82) is 0 Å². The number of rotatable bonds is 4. The van der Waals surface area contributed by atoms with Crippen molar-refractivity contribution in [2.75, 3.05) is 12.4 Å². The molecular weight excluding hydrogens is 320 g/mol. The minimum Gasteiger partial charge on any atom is -0.380 e. The standard InChI is InChI=1S/C15H19BrN2O2/c1-20-8-11-12(16)3-2-4-13(11)18-15(19)10-7-9-5-6-14(10)17-9/h2-4,9-10,14,17H,5-8H2,1H3,(H,18,19). The molecule has 2 fully saturated rings. The molecule has 108 valence electrons. The summed E-state index contributed by atoms with van der Waals surface area (Å²) in [5.74, 6) is 0.225. The van der Waals surface area contributed by atoms with E-state index in [2.05, 4.69) is 26.6 Å². The van der Waals surface area contributed by atoms with Gasteiger partial charge in [0, 0.05) is 34.9 Å². The molecule has 0 radical (unpaired) electrons. The van der Waals surface area contributed by atoms with E-state index in [1.54, 1.807) is 7.11 Å². The molecule has 1 amide bonds. The highest BCUT2D eigenvalue weighted by atomic mass is 79.9. The van der Waals surface area contributed by atoms with Crippen LogP contribution in [0.15, 0.2) is 22.7 Å². The second-order valence-electron chi connectivity index (χ2n) is 5.58. The minimum absolute atomic E-state index is 0.100. The molecule has 3 rings (SSSR count). The Morgan fingerprint density at radius 2 is 2.35 bits per heavy atom. The number of fused-ring (bicyclic) bond motifs is 2. The van der Waals surface area contributed by atoms with E-state index in [1.807, 2.05) is 18.2 Å². The van der Waals surface area contributed by atoms with Gasteiger partial charge in [0.2, 0.25) is 5.91 Å². The van der Waals surface area contributed by atoms with Crippen molar-refractivity contribution in [1.82, 2.24) is 5.32 Å². The van der Waals surface area contributed by atoms with E-state index in [0.717, 1.165) is 28.6 Å². The van der Waals surface area contributed by atoms with Crippen molar-refractivity contribution in [3.8, 4) is 0 Å². The van der Waals surface area contributed by atoms with E-state index in [0.29, 0.717) is 18.7 Å². The molecular formula is C15H19BrN2O2. The van der Waals surface area contributed by atoms with Crippen molar-refractivity contribution >= 4 is 27.5 Å². The van der Waals surface area contributed by atoms with E-state index < -0.39 is 0 Å². The molecule has 3 atom stereocenters. The quantitative estimate of drug-likeness (QED) is 0.887. The second kappa shape index (κ2) is 5.84. The summed E-state index contributed by atoms with van der Waals surface area (Å²) in [6.45, 7) is 0.478. The summed E-state index contributed by atoms with van der Waals surface area (Å²) in [6.07, 6.45) is 3.29. The number of halogens is 1. The maximum atomic E-state index is 12.5. The highest BCUT2D eigenvalue weighted by Gasteiger charge is 2.42. The van der Waals surface area contributed by atoms with Gasteiger partial charge in [-0.25, -0.2) is 0 Å². The van der Waals surface area contributed by atoms with Crippen LogP contribution in [0.3, 0.4) is 0 Å². The molecule has 0 aromatic heterocycles. The van der Waals surface area contributed by atoms with Crippen molar-refractivity contribution < 1.29 is 9.53 Å². The van der Waals surface area contributed by atoms with Crippen molar-refractivity contribution in [2.24, 2.45) is 5.92 Å². The summed E-state index contributed by atoms with van der Waals surface area (Å²) in [5, 5.41) is 6.57. The van der Waals surface area contributed by atoms with E-state index in [1.165, 1.54) is 6.42 Å². The highest BCUT2D eigenvalue weighted by molar-refractivity contribution is 9.10. The molecule has 1 aromatic carbocycles. The third-order valence-corrected chi connectivity index (χ3v) is 5.05. The number of nitrogens with one attached hydrogen (secondary N) is 2. The van der Waals surface area contributed by atoms with E-state index >= 15 is 0 Å². The van der Waals surface area contributed by atoms with Crippen LogP contribution in [0.1, 0.15) is 24.8 Å². The van der Waals surface area contributed by atoms with Crippen LogP contribution in [-0.2, 0) is 16.1 Å². The maximum absolute atomic E-state index is 12.5. The third-order valence-electron chi connectivity index (χ3n) is 4.30. The molecule has 4 nitrogen and oxygen atoms in total. The number of carbonyl (C=O) groups excluding carboxylic acids is 1. The van der Waals surface area contributed by atoms with E-state index in [-0.39, 0.29) is 11.8 Å². The van der Waals surface area contributed by atoms with Gasteiger partial charge in [-0.05, 0) is 31.4 Å². The predicted molar refractivity (Wildman–Crippen MR) is 81.5 cm³/mol. The van der Waals surface area contributed by atoms with Crippen LogP contribution < -0.4 is 10.6 Å². The zero-order chi connectivity index (χ0) is 14.1. The number of hydrogen-bond acceptors (Lipinski definition) is 3. The van der Waals surface area contributed by atoms with Gasteiger partial charge in [0.15, 0.2) is 0 Å². The molecule has 2 heterocycles. The summed E-state index contributed by atoms with van der Waals surface area (Å²) < 4.78 is 6.17. The molecule has 1 aromatic rings. The fourth-order valence-electron chi connectivity index (χ4n) is 3.31. The SMILES string of the molecule is COCc1c(Br)cccc1NC(=O)C1CC2CCC1N2. The number of benzene rings is 1. The molecule has 3 unspecified atom stereocenters. The molecule has 2 saturated heterocycles. The van der Waals surface area contributed by atoms with Gasteiger partial charge in [0.1, 0.15) is 0 Å². The van der Waals surface area contributed by atoms with Crippen LogP contribution in [-0.4, -0.2) is 25.1 Å². The van der Waals surface area contributed by atoms with Crippen LogP contribution in [0.5, 0.6) is 0 Å². The van der Waals surface area contributed by atoms with Crippen LogP contribution >= 0.6 is 15.9 Å². The Balaban J connectivity index is 1.74. The number of ether oxygens (including phenoxy) is 1. The average Bonchev–Trinajstić information content (AvgIpc) is 3.05. The van der Waals surface area contributed by atoms with Crippen molar-refractivity contribution in [3.05, 3.63) is 28.2 Å². The van der Waals surface area contributed by atoms with Crippen LogP contribution in [0.4, 0.5) is 5.69 Å². The second-order valence-corrected chi connectivity index (χ2v) is 6.43. The summed E-state index contributed by atoms with van der Waals surface area (Å²) in [7, 11) is 1.66. The average molecular weight is 339 g/mol. The molecule has 2 bridgehead atoms. The van der Waals surface area contributed by atoms with Gasteiger partial charge in [-0.1, -0.05) is 22.0 Å². The molecule has 2 N–H and O–H groups in total. The first-order valence-electron chi connectivity index (χ1n) is 7.02. The Labute approximate surface area is 127 Å². The zero-order valence-corrected chi connectivity index (χ0v) is 13.1. The Morgan fingerprint density at radius 3 is 3.00 bits per heavy atom. The fourth-order valence-corrected chi connectivity index (χ4v) is 3.79. The molecule has 20 heavy (non-hydrogen) atoms. The Bertz CT molecular complexity index is 521. The van der Waals surface area contributed by atoms with Gasteiger partial charge in [-0.3, -0.25) is 4.79 Å². The van der Waals surface area contributed by atoms with Crippen LogP contribution in [0.25, 0.3) is 0 Å². The van der Waals surface area contributed by atoms with Gasteiger partial charge < -0.3 is 15.4 Å². The van der Waals surface area contributed by atoms with Gasteiger partial charge in [-0.2, -0.15) is 0 Å². The first-order valence-corrected chi connectivity index (χ1v) is 7.81. The lowest BCUT2D eigenvalue weighted by Gasteiger charge is -2.20. The minimum atomic E-state index is 0.100. The summed E-state index contributed by atoms with van der Waals surface area (Å²) >= 11 is 3.51. The summed E-state index contributed by atoms with van der Waals surface area (Å²) in [4.78, 5) is 12.5. The molecule has 0 saturated carbocycles. The number of methoxy groups -OCH3 is 1. The fraction of sp³-hybridized carbons (Fsp3) is 0.533. The lowest BCUT2D eigenvalue weighted by Crippen LogP contribution is -2.33. The predicted octanol–water partition coefficient (Wildman–Crippen LogP) is 2.67. The van der Waals surface area contributed by atoms with Crippen molar-refractivity contribution in [3.63, 3.8) is 0 Å². The first-order chi connectivity index (χ1) is 9.69. The summed E-state index contributed by atoms with van der Waals surface area (Å²) in [6, 6.07) is 6.72. The Kier molecular flexibility index (Phi) is 4.10.